The van der Waals surface area contributed by atoms with Crippen molar-refractivity contribution < 1.29 is 9.66 Å². The number of rotatable bonds is 6. The van der Waals surface area contributed by atoms with Gasteiger partial charge in [0.05, 0.1) is 17.7 Å². The van der Waals surface area contributed by atoms with Gasteiger partial charge in [-0.05, 0) is 30.5 Å². The number of nitro benzene ring substituents is 1. The van der Waals surface area contributed by atoms with E-state index in [0.717, 1.165) is 36.9 Å². The van der Waals surface area contributed by atoms with Crippen molar-refractivity contribution in [3.63, 3.8) is 0 Å². The molecule has 0 bridgehead atoms. The number of halogens is 1. The summed E-state index contributed by atoms with van der Waals surface area (Å²) in [4.78, 5) is 13.1. The van der Waals surface area contributed by atoms with E-state index >= 15 is 0 Å². The summed E-state index contributed by atoms with van der Waals surface area (Å²) in [5.41, 5.74) is 2.05. The van der Waals surface area contributed by atoms with Gasteiger partial charge in [-0.15, -0.1) is 0 Å². The summed E-state index contributed by atoms with van der Waals surface area (Å²) >= 11 is 3.61. The molecule has 26 heavy (non-hydrogen) atoms. The average molecular weight is 420 g/mol. The molecule has 1 aliphatic heterocycles. The zero-order valence-electron chi connectivity index (χ0n) is 14.7. The van der Waals surface area contributed by atoms with Gasteiger partial charge in [0.25, 0.3) is 5.69 Å². The molecule has 6 nitrogen and oxygen atoms in total. The van der Waals surface area contributed by atoms with Crippen LogP contribution in [-0.4, -0.2) is 36.1 Å². The van der Waals surface area contributed by atoms with Crippen LogP contribution in [0.15, 0.2) is 46.9 Å². The molecular weight excluding hydrogens is 398 g/mol. The highest BCUT2D eigenvalue weighted by Crippen LogP contribution is 2.31. The maximum atomic E-state index is 11.0. The van der Waals surface area contributed by atoms with E-state index < -0.39 is 0 Å². The van der Waals surface area contributed by atoms with Crippen molar-refractivity contribution in [3.05, 3.63) is 62.6 Å². The predicted molar refractivity (Wildman–Crippen MR) is 106 cm³/mol. The van der Waals surface area contributed by atoms with Gasteiger partial charge < -0.3 is 10.1 Å². The highest BCUT2D eigenvalue weighted by atomic mass is 79.9. The van der Waals surface area contributed by atoms with Gasteiger partial charge >= 0.3 is 0 Å². The number of nitrogens with one attached hydrogen (secondary N) is 1. The zero-order chi connectivity index (χ0) is 18.5. The van der Waals surface area contributed by atoms with Gasteiger partial charge in [0.2, 0.25) is 0 Å². The fraction of sp³-hybridized carbons (Fsp3) is 0.368. The lowest BCUT2D eigenvalue weighted by Crippen LogP contribution is -2.38. The lowest BCUT2D eigenvalue weighted by molar-refractivity contribution is -0.384. The SMILES string of the molecule is COc1ccc([N+](=O)[O-])cc1NC1CCN(Cc2ccccc2Br)CC1. The summed E-state index contributed by atoms with van der Waals surface area (Å²) in [5, 5.41) is 14.4. The van der Waals surface area contributed by atoms with Crippen molar-refractivity contribution in [1.82, 2.24) is 4.90 Å². The number of nitro groups is 1. The van der Waals surface area contributed by atoms with Gasteiger partial charge in [-0.3, -0.25) is 15.0 Å². The van der Waals surface area contributed by atoms with E-state index in [2.05, 4.69) is 44.3 Å². The van der Waals surface area contributed by atoms with Gasteiger partial charge in [-0.2, -0.15) is 0 Å². The Labute approximate surface area is 161 Å². The van der Waals surface area contributed by atoms with Crippen LogP contribution in [0.2, 0.25) is 0 Å². The van der Waals surface area contributed by atoms with Gasteiger partial charge in [-0.25, -0.2) is 0 Å². The molecule has 0 saturated carbocycles. The first-order valence-corrected chi connectivity index (χ1v) is 9.41. The van der Waals surface area contributed by atoms with E-state index in [0.29, 0.717) is 11.4 Å². The number of ether oxygens (including phenoxy) is 1. The Hall–Kier alpha value is -2.12. The van der Waals surface area contributed by atoms with Crippen LogP contribution in [0, 0.1) is 10.1 Å². The molecule has 0 spiro atoms. The van der Waals surface area contributed by atoms with E-state index in [1.54, 1.807) is 19.2 Å². The van der Waals surface area contributed by atoms with E-state index in [4.69, 9.17) is 4.74 Å². The number of anilines is 1. The molecule has 0 radical (unpaired) electrons. The van der Waals surface area contributed by atoms with Crippen LogP contribution in [0.5, 0.6) is 5.75 Å². The molecule has 1 heterocycles. The third-order valence-corrected chi connectivity index (χ3v) is 5.47. The molecule has 7 heteroatoms. The molecule has 0 amide bonds. The molecule has 2 aromatic rings. The van der Waals surface area contributed by atoms with Crippen LogP contribution in [0.3, 0.4) is 0 Å². The summed E-state index contributed by atoms with van der Waals surface area (Å²) in [6, 6.07) is 13.2. The topological polar surface area (TPSA) is 67.6 Å². The second kappa shape index (κ2) is 8.51. The van der Waals surface area contributed by atoms with Crippen molar-refractivity contribution >= 4 is 27.3 Å². The second-order valence-corrected chi connectivity index (χ2v) is 7.28. The molecule has 0 atom stereocenters. The Bertz CT molecular complexity index is 776. The predicted octanol–water partition coefficient (Wildman–Crippen LogP) is 4.44. The van der Waals surface area contributed by atoms with Gasteiger partial charge in [0, 0.05) is 42.3 Å². The van der Waals surface area contributed by atoms with Crippen molar-refractivity contribution in [3.8, 4) is 5.75 Å². The monoisotopic (exact) mass is 419 g/mol. The van der Waals surface area contributed by atoms with E-state index in [1.165, 1.54) is 11.6 Å². The molecule has 1 saturated heterocycles. The molecule has 1 fully saturated rings. The number of likely N-dealkylation sites (tertiary alicyclic amines) is 1. The van der Waals surface area contributed by atoms with Crippen LogP contribution in [-0.2, 0) is 6.54 Å². The third kappa shape index (κ3) is 4.53. The van der Waals surface area contributed by atoms with E-state index in [-0.39, 0.29) is 16.7 Å². The molecular formula is C19H22BrN3O3. The maximum absolute atomic E-state index is 11.0. The standard InChI is InChI=1S/C19H22BrN3O3/c1-26-19-7-6-16(23(24)25)12-18(19)21-15-8-10-22(11-9-15)13-14-4-2-3-5-17(14)20/h2-7,12,15,21H,8-11,13H2,1H3. The van der Waals surface area contributed by atoms with Crippen molar-refractivity contribution in [2.24, 2.45) is 0 Å². The smallest absolute Gasteiger partial charge is 0.271 e. The number of benzene rings is 2. The Morgan fingerprint density at radius 3 is 2.65 bits per heavy atom. The Morgan fingerprint density at radius 2 is 2.00 bits per heavy atom. The molecule has 3 rings (SSSR count). The minimum atomic E-state index is -0.384. The number of nitrogens with zero attached hydrogens (tertiary/aromatic N) is 2. The summed E-state index contributed by atoms with van der Waals surface area (Å²) in [5.74, 6) is 0.631. The highest BCUT2D eigenvalue weighted by molar-refractivity contribution is 9.10. The van der Waals surface area contributed by atoms with Gasteiger partial charge in [0.15, 0.2) is 0 Å². The van der Waals surface area contributed by atoms with Gasteiger partial charge in [0.1, 0.15) is 5.75 Å². The highest BCUT2D eigenvalue weighted by Gasteiger charge is 2.21. The molecule has 0 aromatic heterocycles. The Kier molecular flexibility index (Phi) is 6.11. The normalized spacial score (nSPS) is 15.6. The molecule has 1 N–H and O–H groups in total. The van der Waals surface area contributed by atoms with Crippen molar-refractivity contribution in [2.75, 3.05) is 25.5 Å². The zero-order valence-corrected chi connectivity index (χ0v) is 16.2. The number of non-ortho nitro benzene ring substituents is 1. The van der Waals surface area contributed by atoms with Crippen molar-refractivity contribution in [1.29, 1.82) is 0 Å². The Morgan fingerprint density at radius 1 is 1.27 bits per heavy atom. The summed E-state index contributed by atoms with van der Waals surface area (Å²) in [6.45, 7) is 2.89. The fourth-order valence-corrected chi connectivity index (χ4v) is 3.66. The summed E-state index contributed by atoms with van der Waals surface area (Å²) in [7, 11) is 1.58. The van der Waals surface area contributed by atoms with E-state index in [9.17, 15) is 10.1 Å². The minimum absolute atomic E-state index is 0.0691. The summed E-state index contributed by atoms with van der Waals surface area (Å²) < 4.78 is 6.47. The number of piperidine rings is 1. The maximum Gasteiger partial charge on any atom is 0.271 e. The molecule has 138 valence electrons. The second-order valence-electron chi connectivity index (χ2n) is 6.43. The molecule has 1 aliphatic rings. The molecule has 2 aromatic carbocycles. The third-order valence-electron chi connectivity index (χ3n) is 4.69. The molecule has 0 aliphatic carbocycles. The largest absolute Gasteiger partial charge is 0.495 e. The van der Waals surface area contributed by atoms with E-state index in [1.807, 2.05) is 6.07 Å². The number of hydrogen-bond acceptors (Lipinski definition) is 5. The molecule has 0 unspecified atom stereocenters. The minimum Gasteiger partial charge on any atom is -0.495 e. The fourth-order valence-electron chi connectivity index (χ4n) is 3.25. The first-order chi connectivity index (χ1) is 12.6. The quantitative estimate of drug-likeness (QED) is 0.553. The average Bonchev–Trinajstić information content (AvgIpc) is 2.65. The van der Waals surface area contributed by atoms with Crippen LogP contribution >= 0.6 is 15.9 Å². The first kappa shape index (κ1) is 18.7. The van der Waals surface area contributed by atoms with Crippen LogP contribution < -0.4 is 10.1 Å². The Balaban J connectivity index is 1.60. The van der Waals surface area contributed by atoms with Gasteiger partial charge in [-0.1, -0.05) is 34.1 Å². The lowest BCUT2D eigenvalue weighted by atomic mass is 10.0. The van der Waals surface area contributed by atoms with Crippen LogP contribution in [0.25, 0.3) is 0 Å². The first-order valence-electron chi connectivity index (χ1n) is 8.61. The van der Waals surface area contributed by atoms with Crippen LogP contribution in [0.4, 0.5) is 11.4 Å². The van der Waals surface area contributed by atoms with Crippen LogP contribution in [0.1, 0.15) is 18.4 Å². The summed E-state index contributed by atoms with van der Waals surface area (Å²) in [6.07, 6.45) is 1.96. The lowest BCUT2D eigenvalue weighted by Gasteiger charge is -2.33. The van der Waals surface area contributed by atoms with Crippen molar-refractivity contribution in [2.45, 2.75) is 25.4 Å². The number of methoxy groups -OCH3 is 1. The number of hydrogen-bond donors (Lipinski definition) is 1.